The van der Waals surface area contributed by atoms with Crippen LogP contribution >= 0.6 is 0 Å². The van der Waals surface area contributed by atoms with Gasteiger partial charge < -0.3 is 35.8 Å². The molecular formula is C25H32N6O4. The molecule has 10 nitrogen and oxygen atoms in total. The first-order valence-electron chi connectivity index (χ1n) is 11.8. The number of carbonyl (C=O) groups is 1. The standard InChI is InChI=1S/C25H32N6O4/c26-24(27)30-12-8-16-2-1-3-21(20(16)11-15-30)35-22(23(32)33)17-4-6-18(7-5-17)34-19-9-13-31(14-10-19)25(28)29/h1-7,19,22H,8-15H2,(H3,26,27)(H3,28,29)(H,32,33). The highest BCUT2D eigenvalue weighted by Crippen LogP contribution is 2.31. The van der Waals surface area contributed by atoms with Crippen molar-refractivity contribution in [1.29, 1.82) is 10.8 Å². The van der Waals surface area contributed by atoms with E-state index in [9.17, 15) is 9.90 Å². The van der Waals surface area contributed by atoms with Crippen LogP contribution in [0, 0.1) is 10.8 Å². The highest BCUT2D eigenvalue weighted by atomic mass is 16.5. The number of likely N-dealkylation sites (tertiary alicyclic amines) is 1. The van der Waals surface area contributed by atoms with Crippen molar-refractivity contribution in [3.8, 4) is 11.5 Å². The number of nitrogens with one attached hydrogen (secondary N) is 2. The molecule has 1 atom stereocenters. The van der Waals surface area contributed by atoms with E-state index in [-0.39, 0.29) is 18.0 Å². The fourth-order valence-electron chi connectivity index (χ4n) is 4.61. The van der Waals surface area contributed by atoms with E-state index in [2.05, 4.69) is 0 Å². The maximum Gasteiger partial charge on any atom is 0.349 e. The van der Waals surface area contributed by atoms with Crippen molar-refractivity contribution < 1.29 is 19.4 Å². The molecule has 2 heterocycles. The number of nitrogens with two attached hydrogens (primary N) is 2. The Labute approximate surface area is 204 Å². The van der Waals surface area contributed by atoms with Crippen LogP contribution in [-0.2, 0) is 17.6 Å². The van der Waals surface area contributed by atoms with E-state index in [0.29, 0.717) is 56.1 Å². The molecule has 0 bridgehead atoms. The summed E-state index contributed by atoms with van der Waals surface area (Å²) in [6.07, 6.45) is 1.72. The molecule has 186 valence electrons. The number of rotatable bonds is 6. The van der Waals surface area contributed by atoms with Gasteiger partial charge in [-0.05, 0) is 42.2 Å². The number of fused-ring (bicyclic) bond motifs is 1. The Morgan fingerprint density at radius 1 is 0.943 bits per heavy atom. The Kier molecular flexibility index (Phi) is 7.28. The molecule has 0 amide bonds. The summed E-state index contributed by atoms with van der Waals surface area (Å²) in [4.78, 5) is 15.8. The van der Waals surface area contributed by atoms with Gasteiger partial charge in [0.25, 0.3) is 0 Å². The van der Waals surface area contributed by atoms with Crippen LogP contribution < -0.4 is 20.9 Å². The smallest absolute Gasteiger partial charge is 0.349 e. The maximum absolute atomic E-state index is 12.1. The second-order valence-electron chi connectivity index (χ2n) is 8.86. The minimum absolute atomic E-state index is 0.0253. The molecule has 1 saturated heterocycles. The Morgan fingerprint density at radius 2 is 1.57 bits per heavy atom. The number of nitrogens with zero attached hydrogens (tertiary/aromatic N) is 2. The van der Waals surface area contributed by atoms with Gasteiger partial charge in [0.05, 0.1) is 0 Å². The number of carboxylic acids is 1. The average molecular weight is 481 g/mol. The lowest BCUT2D eigenvalue weighted by Crippen LogP contribution is -2.44. The van der Waals surface area contributed by atoms with Crippen LogP contribution in [0.4, 0.5) is 0 Å². The molecule has 0 saturated carbocycles. The summed E-state index contributed by atoms with van der Waals surface area (Å²) in [5.41, 5.74) is 13.8. The zero-order chi connectivity index (χ0) is 24.9. The van der Waals surface area contributed by atoms with Gasteiger partial charge in [-0.1, -0.05) is 24.3 Å². The number of ether oxygens (including phenoxy) is 2. The Morgan fingerprint density at radius 3 is 2.20 bits per heavy atom. The summed E-state index contributed by atoms with van der Waals surface area (Å²) >= 11 is 0. The van der Waals surface area contributed by atoms with Gasteiger partial charge >= 0.3 is 5.97 Å². The van der Waals surface area contributed by atoms with Gasteiger partial charge in [0.2, 0.25) is 6.10 Å². The number of benzene rings is 2. The molecular weight excluding hydrogens is 448 g/mol. The average Bonchev–Trinajstić information content (AvgIpc) is 3.07. The van der Waals surface area contributed by atoms with Gasteiger partial charge in [-0.25, -0.2) is 4.79 Å². The zero-order valence-electron chi connectivity index (χ0n) is 19.6. The molecule has 7 N–H and O–H groups in total. The molecule has 0 spiro atoms. The summed E-state index contributed by atoms with van der Waals surface area (Å²) < 4.78 is 12.1. The van der Waals surface area contributed by atoms with Crippen molar-refractivity contribution in [2.75, 3.05) is 26.2 Å². The first-order valence-corrected chi connectivity index (χ1v) is 11.8. The second kappa shape index (κ2) is 10.5. The van der Waals surface area contributed by atoms with Crippen molar-refractivity contribution in [2.24, 2.45) is 11.5 Å². The fourth-order valence-corrected chi connectivity index (χ4v) is 4.61. The van der Waals surface area contributed by atoms with Crippen LogP contribution in [0.25, 0.3) is 0 Å². The molecule has 2 aromatic carbocycles. The largest absolute Gasteiger partial charge is 0.490 e. The molecule has 4 rings (SSSR count). The molecule has 10 heteroatoms. The predicted molar refractivity (Wildman–Crippen MR) is 132 cm³/mol. The second-order valence-corrected chi connectivity index (χ2v) is 8.86. The van der Waals surface area contributed by atoms with E-state index >= 15 is 0 Å². The quantitative estimate of drug-likeness (QED) is 0.309. The zero-order valence-corrected chi connectivity index (χ0v) is 19.6. The number of hydrogen-bond acceptors (Lipinski definition) is 5. The Hall–Kier alpha value is -3.95. The number of guanidine groups is 2. The third kappa shape index (κ3) is 5.76. The summed E-state index contributed by atoms with van der Waals surface area (Å²) in [6.45, 7) is 2.58. The summed E-state index contributed by atoms with van der Waals surface area (Å²) in [5, 5.41) is 25.2. The van der Waals surface area contributed by atoms with Crippen LogP contribution in [0.5, 0.6) is 11.5 Å². The number of carboxylic acid groups (broad SMARTS) is 1. The van der Waals surface area contributed by atoms with Gasteiger partial charge in [-0.2, -0.15) is 0 Å². The summed E-state index contributed by atoms with van der Waals surface area (Å²) in [5.74, 6) is 0.246. The Balaban J connectivity index is 1.44. The van der Waals surface area contributed by atoms with E-state index < -0.39 is 12.1 Å². The number of hydrogen-bond donors (Lipinski definition) is 5. The third-order valence-corrected chi connectivity index (χ3v) is 6.59. The topological polar surface area (TPSA) is 162 Å². The fraction of sp³-hybridized carbons (Fsp3) is 0.400. The molecule has 35 heavy (non-hydrogen) atoms. The monoisotopic (exact) mass is 480 g/mol. The van der Waals surface area contributed by atoms with Crippen LogP contribution in [0.2, 0.25) is 0 Å². The van der Waals surface area contributed by atoms with Crippen molar-refractivity contribution in [1.82, 2.24) is 9.80 Å². The first kappa shape index (κ1) is 24.2. The van der Waals surface area contributed by atoms with Crippen molar-refractivity contribution in [3.63, 3.8) is 0 Å². The lowest BCUT2D eigenvalue weighted by atomic mass is 10.0. The number of aliphatic carboxylic acids is 1. The first-order chi connectivity index (χ1) is 16.8. The SMILES string of the molecule is N=C(N)N1CCc2cccc(OC(C(=O)O)c3ccc(OC4CCN(C(=N)N)CC4)cc3)c2CC1. The predicted octanol–water partition coefficient (Wildman–Crippen LogP) is 1.92. The highest BCUT2D eigenvalue weighted by molar-refractivity contribution is 5.76. The summed E-state index contributed by atoms with van der Waals surface area (Å²) in [6, 6.07) is 12.6. The minimum Gasteiger partial charge on any atom is -0.490 e. The molecule has 2 aromatic rings. The summed E-state index contributed by atoms with van der Waals surface area (Å²) in [7, 11) is 0. The molecule has 2 aliphatic rings. The number of piperidine rings is 1. The van der Waals surface area contributed by atoms with Crippen molar-refractivity contribution in [2.45, 2.75) is 37.9 Å². The van der Waals surface area contributed by atoms with Crippen LogP contribution in [0.15, 0.2) is 42.5 Å². The molecule has 1 fully saturated rings. The van der Waals surface area contributed by atoms with Crippen molar-refractivity contribution >= 4 is 17.9 Å². The van der Waals surface area contributed by atoms with E-state index in [1.54, 1.807) is 35.2 Å². The molecule has 2 aliphatic heterocycles. The highest BCUT2D eigenvalue weighted by Gasteiger charge is 2.26. The third-order valence-electron chi connectivity index (χ3n) is 6.59. The van der Waals surface area contributed by atoms with E-state index in [1.165, 1.54) is 0 Å². The Bertz CT molecular complexity index is 1080. The normalized spacial score (nSPS) is 17.1. The van der Waals surface area contributed by atoms with Crippen LogP contribution in [0.3, 0.4) is 0 Å². The molecule has 0 aliphatic carbocycles. The molecule has 0 aromatic heterocycles. The van der Waals surface area contributed by atoms with Gasteiger partial charge in [0.1, 0.15) is 17.6 Å². The van der Waals surface area contributed by atoms with Crippen molar-refractivity contribution in [3.05, 3.63) is 59.2 Å². The molecule has 0 radical (unpaired) electrons. The lowest BCUT2D eigenvalue weighted by molar-refractivity contribution is -0.145. The van der Waals surface area contributed by atoms with Gasteiger partial charge in [-0.3, -0.25) is 10.8 Å². The maximum atomic E-state index is 12.1. The van der Waals surface area contributed by atoms with Crippen LogP contribution in [0.1, 0.15) is 35.6 Å². The minimum atomic E-state index is -1.17. The molecule has 1 unspecified atom stereocenters. The van der Waals surface area contributed by atoms with E-state index in [0.717, 1.165) is 24.0 Å². The van der Waals surface area contributed by atoms with Gasteiger partial charge in [-0.15, -0.1) is 0 Å². The van der Waals surface area contributed by atoms with Gasteiger partial charge in [0, 0.05) is 44.6 Å². The van der Waals surface area contributed by atoms with E-state index in [4.69, 9.17) is 31.8 Å². The van der Waals surface area contributed by atoms with E-state index in [1.807, 2.05) is 17.0 Å². The van der Waals surface area contributed by atoms with Crippen LogP contribution in [-0.4, -0.2) is 65.1 Å². The lowest BCUT2D eigenvalue weighted by Gasteiger charge is -2.32. The van der Waals surface area contributed by atoms with Gasteiger partial charge in [0.15, 0.2) is 11.9 Å².